The summed E-state index contributed by atoms with van der Waals surface area (Å²) in [4.78, 5) is 21.7. The van der Waals surface area contributed by atoms with Crippen molar-refractivity contribution < 1.29 is 19.2 Å². The van der Waals surface area contributed by atoms with Crippen LogP contribution in [0.2, 0.25) is 0 Å². The Morgan fingerprint density at radius 1 is 1.42 bits per heavy atom. The quantitative estimate of drug-likeness (QED) is 0.449. The van der Waals surface area contributed by atoms with Gasteiger partial charge < -0.3 is 9.47 Å². The van der Waals surface area contributed by atoms with E-state index in [0.717, 1.165) is 5.56 Å². The molecule has 6 heteroatoms. The maximum atomic E-state index is 11.3. The number of aryl methyl sites for hydroxylation is 1. The maximum absolute atomic E-state index is 11.3. The Labute approximate surface area is 111 Å². The van der Waals surface area contributed by atoms with Crippen molar-refractivity contribution in [2.24, 2.45) is 0 Å². The highest BCUT2D eigenvalue weighted by atomic mass is 16.6. The molecule has 0 aliphatic heterocycles. The molecule has 0 saturated heterocycles. The molecular formula is C13H17NO5. The number of nitro benzene ring substituents is 1. The fourth-order valence-electron chi connectivity index (χ4n) is 1.48. The fourth-order valence-corrected chi connectivity index (χ4v) is 1.48. The van der Waals surface area contributed by atoms with Crippen LogP contribution in [0.3, 0.4) is 0 Å². The van der Waals surface area contributed by atoms with Gasteiger partial charge in [-0.1, -0.05) is 13.0 Å². The minimum Gasteiger partial charge on any atom is -0.475 e. The SMILES string of the molecule is CCc1ccc(OCC(=O)OC(C)C)c([N+](=O)[O-])c1. The van der Waals surface area contributed by atoms with Crippen LogP contribution in [0, 0.1) is 10.1 Å². The van der Waals surface area contributed by atoms with Gasteiger partial charge in [0, 0.05) is 6.07 Å². The minimum absolute atomic E-state index is 0.0721. The largest absolute Gasteiger partial charge is 0.475 e. The highest BCUT2D eigenvalue weighted by molar-refractivity contribution is 5.71. The smallest absolute Gasteiger partial charge is 0.344 e. The van der Waals surface area contributed by atoms with Crippen molar-refractivity contribution in [3.8, 4) is 5.75 Å². The average Bonchev–Trinajstić information content (AvgIpc) is 2.35. The summed E-state index contributed by atoms with van der Waals surface area (Å²) in [5.74, 6) is -0.480. The van der Waals surface area contributed by atoms with Gasteiger partial charge in [0.05, 0.1) is 11.0 Å². The summed E-state index contributed by atoms with van der Waals surface area (Å²) in [5, 5.41) is 10.9. The Balaban J connectivity index is 2.77. The highest BCUT2D eigenvalue weighted by Crippen LogP contribution is 2.28. The van der Waals surface area contributed by atoms with Gasteiger partial charge in [0.15, 0.2) is 12.4 Å². The number of carbonyl (C=O) groups is 1. The Bertz CT molecular complexity index is 470. The molecule has 0 atom stereocenters. The summed E-state index contributed by atoms with van der Waals surface area (Å²) in [6.45, 7) is 5.00. The summed E-state index contributed by atoms with van der Waals surface area (Å²) in [5.41, 5.74) is 0.695. The second kappa shape index (κ2) is 6.72. The summed E-state index contributed by atoms with van der Waals surface area (Å²) in [7, 11) is 0. The topological polar surface area (TPSA) is 78.7 Å². The molecule has 0 aromatic heterocycles. The lowest BCUT2D eigenvalue weighted by Crippen LogP contribution is -2.19. The molecule has 0 saturated carbocycles. The molecule has 1 aromatic carbocycles. The van der Waals surface area contributed by atoms with Gasteiger partial charge in [0.25, 0.3) is 0 Å². The monoisotopic (exact) mass is 267 g/mol. The number of hydrogen-bond donors (Lipinski definition) is 0. The van der Waals surface area contributed by atoms with Gasteiger partial charge >= 0.3 is 11.7 Å². The summed E-state index contributed by atoms with van der Waals surface area (Å²) < 4.78 is 10.0. The molecule has 0 aliphatic carbocycles. The van der Waals surface area contributed by atoms with Gasteiger partial charge in [0.2, 0.25) is 0 Å². The Hall–Kier alpha value is -2.11. The van der Waals surface area contributed by atoms with E-state index in [4.69, 9.17) is 9.47 Å². The number of hydrogen-bond acceptors (Lipinski definition) is 5. The van der Waals surface area contributed by atoms with Gasteiger partial charge in [-0.15, -0.1) is 0 Å². The fraction of sp³-hybridized carbons (Fsp3) is 0.462. The maximum Gasteiger partial charge on any atom is 0.344 e. The van der Waals surface area contributed by atoms with Crippen molar-refractivity contribution in [3.63, 3.8) is 0 Å². The third-order valence-electron chi connectivity index (χ3n) is 2.34. The number of benzene rings is 1. The molecule has 19 heavy (non-hydrogen) atoms. The lowest BCUT2D eigenvalue weighted by Gasteiger charge is -2.09. The molecule has 0 unspecified atom stereocenters. The number of nitrogens with zero attached hydrogens (tertiary/aromatic N) is 1. The lowest BCUT2D eigenvalue weighted by molar-refractivity contribution is -0.385. The van der Waals surface area contributed by atoms with E-state index in [1.54, 1.807) is 19.9 Å². The Morgan fingerprint density at radius 3 is 2.63 bits per heavy atom. The van der Waals surface area contributed by atoms with Crippen LogP contribution >= 0.6 is 0 Å². The molecule has 104 valence electrons. The molecular weight excluding hydrogens is 250 g/mol. The van der Waals surface area contributed by atoms with Crippen LogP contribution in [0.25, 0.3) is 0 Å². The predicted octanol–water partition coefficient (Wildman–Crippen LogP) is 2.49. The van der Waals surface area contributed by atoms with Crippen LogP contribution in [0.1, 0.15) is 26.3 Å². The van der Waals surface area contributed by atoms with E-state index in [9.17, 15) is 14.9 Å². The highest BCUT2D eigenvalue weighted by Gasteiger charge is 2.17. The number of esters is 1. The van der Waals surface area contributed by atoms with E-state index in [-0.39, 0.29) is 24.1 Å². The van der Waals surface area contributed by atoms with Crippen molar-refractivity contribution in [1.29, 1.82) is 0 Å². The first kappa shape index (κ1) is 14.9. The normalized spacial score (nSPS) is 10.3. The van der Waals surface area contributed by atoms with Crippen LogP contribution in [-0.4, -0.2) is 23.6 Å². The van der Waals surface area contributed by atoms with E-state index in [2.05, 4.69) is 0 Å². The van der Waals surface area contributed by atoms with E-state index in [1.165, 1.54) is 12.1 Å². The van der Waals surface area contributed by atoms with Crippen LogP contribution in [-0.2, 0) is 16.0 Å². The van der Waals surface area contributed by atoms with Gasteiger partial charge in [-0.25, -0.2) is 4.79 Å². The molecule has 6 nitrogen and oxygen atoms in total. The Morgan fingerprint density at radius 2 is 2.11 bits per heavy atom. The van der Waals surface area contributed by atoms with Crippen molar-refractivity contribution >= 4 is 11.7 Å². The zero-order valence-corrected chi connectivity index (χ0v) is 11.2. The van der Waals surface area contributed by atoms with Gasteiger partial charge in [-0.3, -0.25) is 10.1 Å². The lowest BCUT2D eigenvalue weighted by atomic mass is 10.1. The second-order valence-electron chi connectivity index (χ2n) is 4.24. The van der Waals surface area contributed by atoms with Crippen molar-refractivity contribution in [1.82, 2.24) is 0 Å². The van der Waals surface area contributed by atoms with Crippen LogP contribution < -0.4 is 4.74 Å². The number of carbonyl (C=O) groups excluding carboxylic acids is 1. The van der Waals surface area contributed by atoms with Gasteiger partial charge in [-0.2, -0.15) is 0 Å². The molecule has 0 aliphatic rings. The van der Waals surface area contributed by atoms with E-state index >= 15 is 0 Å². The molecule has 0 bridgehead atoms. The first-order valence-corrected chi connectivity index (χ1v) is 6.03. The second-order valence-corrected chi connectivity index (χ2v) is 4.24. The summed E-state index contributed by atoms with van der Waals surface area (Å²) in [6.07, 6.45) is 0.449. The van der Waals surface area contributed by atoms with Gasteiger partial charge in [-0.05, 0) is 31.9 Å². The molecule has 0 fully saturated rings. The zero-order valence-electron chi connectivity index (χ0n) is 11.2. The molecule has 0 amide bonds. The van der Waals surface area contributed by atoms with E-state index in [1.807, 2.05) is 6.92 Å². The first-order chi connectivity index (χ1) is 8.93. The predicted molar refractivity (Wildman–Crippen MR) is 69.2 cm³/mol. The van der Waals surface area contributed by atoms with Crippen molar-refractivity contribution in [3.05, 3.63) is 33.9 Å². The van der Waals surface area contributed by atoms with Crippen LogP contribution in [0.5, 0.6) is 5.75 Å². The average molecular weight is 267 g/mol. The molecule has 0 spiro atoms. The molecule has 0 radical (unpaired) electrons. The van der Waals surface area contributed by atoms with Crippen molar-refractivity contribution in [2.75, 3.05) is 6.61 Å². The number of nitro groups is 1. The molecule has 0 N–H and O–H groups in total. The summed E-state index contributed by atoms with van der Waals surface area (Å²) in [6, 6.07) is 4.68. The number of ether oxygens (including phenoxy) is 2. The molecule has 1 aromatic rings. The molecule has 1 rings (SSSR count). The van der Waals surface area contributed by atoms with Gasteiger partial charge in [0.1, 0.15) is 0 Å². The number of rotatable bonds is 6. The third kappa shape index (κ3) is 4.57. The first-order valence-electron chi connectivity index (χ1n) is 6.03. The zero-order chi connectivity index (χ0) is 14.4. The van der Waals surface area contributed by atoms with Crippen molar-refractivity contribution in [2.45, 2.75) is 33.3 Å². The van der Waals surface area contributed by atoms with Crippen LogP contribution in [0.15, 0.2) is 18.2 Å². The summed E-state index contributed by atoms with van der Waals surface area (Å²) >= 11 is 0. The standard InChI is InChI=1S/C13H17NO5/c1-4-10-5-6-12(11(7-10)14(16)17)18-8-13(15)19-9(2)3/h5-7,9H,4,8H2,1-3H3. The Kier molecular flexibility index (Phi) is 5.29. The van der Waals surface area contributed by atoms with E-state index in [0.29, 0.717) is 6.42 Å². The van der Waals surface area contributed by atoms with Crippen LogP contribution in [0.4, 0.5) is 5.69 Å². The minimum atomic E-state index is -0.552. The third-order valence-corrected chi connectivity index (χ3v) is 2.34. The van der Waals surface area contributed by atoms with E-state index < -0.39 is 10.9 Å². The molecule has 0 heterocycles.